The molecule has 0 aromatic heterocycles. The first-order chi connectivity index (χ1) is 4.45. The van der Waals surface area contributed by atoms with Crippen molar-refractivity contribution in [2.45, 2.75) is 6.10 Å². The molecule has 0 saturated heterocycles. The maximum atomic E-state index is 9.68. The number of hydrogen-bond donors (Lipinski definition) is 1. The molecule has 60 valence electrons. The van der Waals surface area contributed by atoms with Crippen LogP contribution in [-0.4, -0.2) is 49.9 Å². The average molecular weight is 147 g/mol. The number of aliphatic hydroxyl groups is 1. The lowest BCUT2D eigenvalue weighted by Gasteiger charge is -2.25. The molecule has 0 radical (unpaired) electrons. The molecule has 0 aromatic carbocycles. The predicted molar refractivity (Wildman–Crippen MR) is 39.6 cm³/mol. The number of quaternary nitrogens is 1. The van der Waals surface area contributed by atoms with Gasteiger partial charge in [-0.1, -0.05) is 5.18 Å². The maximum absolute atomic E-state index is 9.68. The Bertz CT molecular complexity index is 109. The second-order valence-electron chi connectivity index (χ2n) is 3.44. The van der Waals surface area contributed by atoms with E-state index in [2.05, 4.69) is 5.18 Å². The van der Waals surface area contributed by atoms with E-state index < -0.39 is 6.10 Å². The van der Waals surface area contributed by atoms with Crippen molar-refractivity contribution in [2.24, 2.45) is 5.18 Å². The van der Waals surface area contributed by atoms with E-state index in [4.69, 9.17) is 5.11 Å². The van der Waals surface area contributed by atoms with Crippen LogP contribution in [0.25, 0.3) is 0 Å². The molecular weight excluding hydrogens is 132 g/mol. The zero-order valence-electron chi connectivity index (χ0n) is 6.74. The summed E-state index contributed by atoms with van der Waals surface area (Å²) in [6, 6.07) is 0. The molecule has 0 aliphatic heterocycles. The molecule has 0 aliphatic carbocycles. The molecule has 0 amide bonds. The van der Waals surface area contributed by atoms with Crippen molar-refractivity contribution < 1.29 is 9.59 Å². The van der Waals surface area contributed by atoms with Gasteiger partial charge in [-0.05, 0) is 0 Å². The van der Waals surface area contributed by atoms with E-state index in [1.54, 1.807) is 0 Å². The van der Waals surface area contributed by atoms with Gasteiger partial charge in [0.15, 0.2) is 0 Å². The Balaban J connectivity index is 3.56. The Kier molecular flexibility index (Phi) is 3.46. The highest BCUT2D eigenvalue weighted by atomic mass is 16.3. The minimum absolute atomic E-state index is 0.00444. The van der Waals surface area contributed by atoms with Gasteiger partial charge in [-0.3, -0.25) is 0 Å². The van der Waals surface area contributed by atoms with Gasteiger partial charge in [-0.15, -0.1) is 0 Å². The van der Waals surface area contributed by atoms with Crippen LogP contribution in [0.5, 0.6) is 0 Å². The van der Waals surface area contributed by atoms with Crippen molar-refractivity contribution in [3.63, 3.8) is 0 Å². The van der Waals surface area contributed by atoms with E-state index in [0.717, 1.165) is 0 Å². The van der Waals surface area contributed by atoms with Crippen molar-refractivity contribution in [2.75, 3.05) is 34.2 Å². The van der Waals surface area contributed by atoms with Gasteiger partial charge in [0.2, 0.25) is 0 Å². The highest BCUT2D eigenvalue weighted by Gasteiger charge is 2.14. The summed E-state index contributed by atoms with van der Waals surface area (Å²) in [7, 11) is 5.86. The van der Waals surface area contributed by atoms with Gasteiger partial charge in [0.25, 0.3) is 0 Å². The number of aliphatic hydroxyl groups excluding tert-OH is 1. The second kappa shape index (κ2) is 3.63. The van der Waals surface area contributed by atoms with Gasteiger partial charge >= 0.3 is 0 Å². The highest BCUT2D eigenvalue weighted by Crippen LogP contribution is 1.94. The summed E-state index contributed by atoms with van der Waals surface area (Å²) in [5.41, 5.74) is 0. The third-order valence-electron chi connectivity index (χ3n) is 1.04. The van der Waals surface area contributed by atoms with Gasteiger partial charge in [0, 0.05) is 0 Å². The minimum Gasteiger partial charge on any atom is -0.385 e. The fourth-order valence-electron chi connectivity index (χ4n) is 0.776. The second-order valence-corrected chi connectivity index (χ2v) is 3.44. The van der Waals surface area contributed by atoms with E-state index in [-0.39, 0.29) is 6.54 Å². The zero-order chi connectivity index (χ0) is 8.20. The summed E-state index contributed by atoms with van der Waals surface area (Å²) in [6.45, 7) is 0.557. The number of nitrogens with zero attached hydrogens (tertiary/aromatic N) is 2. The molecule has 0 fully saturated rings. The number of hydrogen-bond acceptors (Lipinski definition) is 3. The summed E-state index contributed by atoms with van der Waals surface area (Å²) in [6.07, 6.45) is -0.600. The van der Waals surface area contributed by atoms with Gasteiger partial charge in [-0.25, -0.2) is 0 Å². The molecule has 0 rings (SSSR count). The van der Waals surface area contributed by atoms with Crippen molar-refractivity contribution in [3.8, 4) is 0 Å². The highest BCUT2D eigenvalue weighted by molar-refractivity contribution is 4.55. The monoisotopic (exact) mass is 147 g/mol. The summed E-state index contributed by atoms with van der Waals surface area (Å²) < 4.78 is 0.649. The van der Waals surface area contributed by atoms with Crippen molar-refractivity contribution in [1.82, 2.24) is 0 Å². The standard InChI is InChI=1S/C6H15N2O2/c1-8(2,3)5-6(9)4-7-10/h6,9H,4-5H2,1-3H3/q+1. The van der Waals surface area contributed by atoms with Crippen molar-refractivity contribution >= 4 is 0 Å². The molecular formula is C6H15N2O2+. The normalized spacial score (nSPS) is 14.8. The van der Waals surface area contributed by atoms with Gasteiger partial charge in [0.1, 0.15) is 19.2 Å². The number of rotatable bonds is 4. The Labute approximate surface area is 61.0 Å². The molecule has 4 nitrogen and oxygen atoms in total. The smallest absolute Gasteiger partial charge is 0.126 e. The Morgan fingerprint density at radius 1 is 1.50 bits per heavy atom. The van der Waals surface area contributed by atoms with Crippen molar-refractivity contribution in [1.29, 1.82) is 0 Å². The first-order valence-corrected chi connectivity index (χ1v) is 3.23. The molecule has 0 saturated carbocycles. The predicted octanol–water partition coefficient (Wildman–Crippen LogP) is -0.180. The third kappa shape index (κ3) is 5.65. The fraction of sp³-hybridized carbons (Fsp3) is 1.00. The van der Waals surface area contributed by atoms with Crippen LogP contribution in [-0.2, 0) is 0 Å². The SMILES string of the molecule is C[N+](C)(C)CC(O)CN=O. The summed E-state index contributed by atoms with van der Waals surface area (Å²) in [5, 5.41) is 11.7. The molecule has 0 heterocycles. The van der Waals surface area contributed by atoms with E-state index in [0.29, 0.717) is 11.0 Å². The first-order valence-electron chi connectivity index (χ1n) is 3.23. The molecule has 0 spiro atoms. The van der Waals surface area contributed by atoms with Gasteiger partial charge in [0.05, 0.1) is 21.1 Å². The van der Waals surface area contributed by atoms with Gasteiger partial charge < -0.3 is 9.59 Å². The quantitative estimate of drug-likeness (QED) is 0.443. The zero-order valence-corrected chi connectivity index (χ0v) is 6.74. The lowest BCUT2D eigenvalue weighted by Crippen LogP contribution is -2.42. The van der Waals surface area contributed by atoms with E-state index >= 15 is 0 Å². The molecule has 0 aliphatic rings. The first kappa shape index (κ1) is 9.52. The van der Waals surface area contributed by atoms with Crippen LogP contribution < -0.4 is 0 Å². The summed E-state index contributed by atoms with van der Waals surface area (Å²) in [5.74, 6) is 0. The Hall–Kier alpha value is -0.480. The van der Waals surface area contributed by atoms with E-state index in [9.17, 15) is 4.91 Å². The van der Waals surface area contributed by atoms with Crippen LogP contribution in [0, 0.1) is 4.91 Å². The van der Waals surface area contributed by atoms with Crippen LogP contribution in [0.4, 0.5) is 0 Å². The van der Waals surface area contributed by atoms with Gasteiger partial charge in [-0.2, -0.15) is 4.91 Å². The van der Waals surface area contributed by atoms with Crippen LogP contribution in [0.3, 0.4) is 0 Å². The summed E-state index contributed by atoms with van der Waals surface area (Å²) in [4.78, 5) is 9.68. The molecule has 1 N–H and O–H groups in total. The largest absolute Gasteiger partial charge is 0.385 e. The lowest BCUT2D eigenvalue weighted by atomic mass is 10.3. The maximum Gasteiger partial charge on any atom is 0.126 e. The molecule has 0 aromatic rings. The number of nitroso groups, excluding NO2 is 1. The van der Waals surface area contributed by atoms with E-state index in [1.165, 1.54) is 0 Å². The molecule has 0 bridgehead atoms. The fourth-order valence-corrected chi connectivity index (χ4v) is 0.776. The lowest BCUT2D eigenvalue weighted by molar-refractivity contribution is -0.873. The van der Waals surface area contributed by atoms with Crippen LogP contribution in [0.2, 0.25) is 0 Å². The molecule has 4 heteroatoms. The van der Waals surface area contributed by atoms with Crippen LogP contribution >= 0.6 is 0 Å². The van der Waals surface area contributed by atoms with Crippen LogP contribution in [0.1, 0.15) is 0 Å². The minimum atomic E-state index is -0.600. The summed E-state index contributed by atoms with van der Waals surface area (Å²) >= 11 is 0. The van der Waals surface area contributed by atoms with Crippen molar-refractivity contribution in [3.05, 3.63) is 4.91 Å². The molecule has 1 atom stereocenters. The topological polar surface area (TPSA) is 49.7 Å². The van der Waals surface area contributed by atoms with E-state index in [1.807, 2.05) is 21.1 Å². The number of likely N-dealkylation sites (N-methyl/N-ethyl adjacent to an activating group) is 1. The van der Waals surface area contributed by atoms with Crippen LogP contribution in [0.15, 0.2) is 5.18 Å². The third-order valence-corrected chi connectivity index (χ3v) is 1.04. The molecule has 10 heavy (non-hydrogen) atoms. The Morgan fingerprint density at radius 3 is 2.30 bits per heavy atom. The Morgan fingerprint density at radius 2 is 2.00 bits per heavy atom. The molecule has 1 unspecified atom stereocenters. The average Bonchev–Trinajstić information content (AvgIpc) is 1.59.